The van der Waals surface area contributed by atoms with Crippen LogP contribution in [0.1, 0.15) is 38.4 Å². The molecule has 3 atom stereocenters. The Kier molecular flexibility index (Phi) is 5.50. The zero-order valence-corrected chi connectivity index (χ0v) is 15.2. The lowest BCUT2D eigenvalue weighted by molar-refractivity contribution is -0.0139. The van der Waals surface area contributed by atoms with E-state index in [-0.39, 0.29) is 6.10 Å². The molecule has 23 heavy (non-hydrogen) atoms. The second-order valence-corrected chi connectivity index (χ2v) is 7.03. The molecule has 0 amide bonds. The second kappa shape index (κ2) is 7.59. The molecular formula is C16H24BrN5O. The van der Waals surface area contributed by atoms with Crippen molar-refractivity contribution in [2.45, 2.75) is 58.0 Å². The maximum atomic E-state index is 6.04. The lowest BCUT2D eigenvalue weighted by Crippen LogP contribution is -2.45. The molecule has 6 nitrogen and oxygen atoms in total. The van der Waals surface area contributed by atoms with Gasteiger partial charge in [0.15, 0.2) is 0 Å². The maximum absolute atomic E-state index is 6.04. The van der Waals surface area contributed by atoms with Gasteiger partial charge in [-0.3, -0.25) is 9.36 Å². The maximum Gasteiger partial charge on any atom is 0.101 e. The van der Waals surface area contributed by atoms with Crippen LogP contribution in [-0.4, -0.2) is 38.3 Å². The van der Waals surface area contributed by atoms with E-state index in [1.807, 2.05) is 28.0 Å². The van der Waals surface area contributed by atoms with E-state index in [1.165, 1.54) is 0 Å². The fourth-order valence-electron chi connectivity index (χ4n) is 3.12. The van der Waals surface area contributed by atoms with E-state index in [2.05, 4.69) is 51.5 Å². The van der Waals surface area contributed by atoms with Gasteiger partial charge in [-0.15, -0.1) is 0 Å². The molecule has 1 aliphatic heterocycles. The number of halogens is 1. The zero-order chi connectivity index (χ0) is 16.2. The van der Waals surface area contributed by atoms with Crippen LogP contribution in [0.5, 0.6) is 0 Å². The molecule has 126 valence electrons. The van der Waals surface area contributed by atoms with Gasteiger partial charge >= 0.3 is 0 Å². The van der Waals surface area contributed by atoms with Gasteiger partial charge in [-0.05, 0) is 42.6 Å². The number of hydrogen-bond acceptors (Lipinski definition) is 4. The van der Waals surface area contributed by atoms with Gasteiger partial charge in [0.05, 0.1) is 23.4 Å². The van der Waals surface area contributed by atoms with Crippen molar-refractivity contribution < 1.29 is 4.74 Å². The van der Waals surface area contributed by atoms with Crippen molar-refractivity contribution in [2.75, 3.05) is 6.61 Å². The summed E-state index contributed by atoms with van der Waals surface area (Å²) < 4.78 is 11.0. The largest absolute Gasteiger partial charge is 0.372 e. The minimum Gasteiger partial charge on any atom is -0.372 e. The highest BCUT2D eigenvalue weighted by molar-refractivity contribution is 9.10. The SMILES string of the molecule is CCn1cc([C@H]2OCCC[C@@H]2NC(C)Cn2cc(Br)cn2)cn1. The van der Waals surface area contributed by atoms with Crippen LogP contribution < -0.4 is 5.32 Å². The average molecular weight is 382 g/mol. The first-order chi connectivity index (χ1) is 11.2. The summed E-state index contributed by atoms with van der Waals surface area (Å²) >= 11 is 3.44. The number of hydrogen-bond donors (Lipinski definition) is 1. The van der Waals surface area contributed by atoms with E-state index in [0.717, 1.165) is 42.6 Å². The molecule has 0 bridgehead atoms. The monoisotopic (exact) mass is 381 g/mol. The number of rotatable bonds is 6. The Labute approximate surface area is 145 Å². The molecule has 7 heteroatoms. The topological polar surface area (TPSA) is 56.9 Å². The Morgan fingerprint density at radius 2 is 2.17 bits per heavy atom. The summed E-state index contributed by atoms with van der Waals surface area (Å²) in [5.74, 6) is 0. The minimum atomic E-state index is 0.0795. The van der Waals surface area contributed by atoms with Gasteiger partial charge < -0.3 is 10.1 Å². The summed E-state index contributed by atoms with van der Waals surface area (Å²) in [6.45, 7) is 6.83. The van der Waals surface area contributed by atoms with Crippen molar-refractivity contribution in [1.29, 1.82) is 0 Å². The van der Waals surface area contributed by atoms with Gasteiger partial charge in [0, 0.05) is 43.2 Å². The van der Waals surface area contributed by atoms with E-state index in [9.17, 15) is 0 Å². The van der Waals surface area contributed by atoms with E-state index < -0.39 is 0 Å². The molecule has 0 aliphatic carbocycles. The molecule has 2 aromatic heterocycles. The van der Waals surface area contributed by atoms with E-state index in [1.54, 1.807) is 0 Å². The van der Waals surface area contributed by atoms with Crippen molar-refractivity contribution in [3.8, 4) is 0 Å². The van der Waals surface area contributed by atoms with Crippen LogP contribution in [0.4, 0.5) is 0 Å². The summed E-state index contributed by atoms with van der Waals surface area (Å²) in [6, 6.07) is 0.629. The molecular weight excluding hydrogens is 358 g/mol. The summed E-state index contributed by atoms with van der Waals surface area (Å²) in [6.07, 6.45) is 10.1. The molecule has 0 spiro atoms. The lowest BCUT2D eigenvalue weighted by Gasteiger charge is -2.34. The third-order valence-electron chi connectivity index (χ3n) is 4.19. The normalized spacial score (nSPS) is 23.1. The van der Waals surface area contributed by atoms with Gasteiger partial charge in [0.25, 0.3) is 0 Å². The summed E-state index contributed by atoms with van der Waals surface area (Å²) in [5.41, 5.74) is 1.16. The quantitative estimate of drug-likeness (QED) is 0.835. The molecule has 1 aliphatic rings. The Bertz CT molecular complexity index is 626. The molecule has 0 radical (unpaired) electrons. The lowest BCUT2D eigenvalue weighted by atomic mass is 9.97. The molecule has 1 fully saturated rings. The molecule has 1 unspecified atom stereocenters. The predicted octanol–water partition coefficient (Wildman–Crippen LogP) is 2.76. The Morgan fingerprint density at radius 1 is 1.35 bits per heavy atom. The number of aromatic nitrogens is 4. The van der Waals surface area contributed by atoms with Crippen LogP contribution in [0.3, 0.4) is 0 Å². The first-order valence-corrected chi connectivity index (χ1v) is 9.03. The van der Waals surface area contributed by atoms with Gasteiger partial charge in [-0.25, -0.2) is 0 Å². The standard InChI is InChI=1S/C16H24BrN5O/c1-3-21-10-13(7-18-21)16-15(5-4-6-23-16)20-12(2)9-22-11-14(17)8-19-22/h7-8,10-12,15-16,20H,3-6,9H2,1-2H3/t12?,15-,16+/m0/s1. The Hall–Kier alpha value is -1.18. The Morgan fingerprint density at radius 3 is 2.87 bits per heavy atom. The number of nitrogens with zero attached hydrogens (tertiary/aromatic N) is 4. The number of nitrogens with one attached hydrogen (secondary N) is 1. The van der Waals surface area contributed by atoms with Crippen LogP contribution in [0, 0.1) is 0 Å². The first-order valence-electron chi connectivity index (χ1n) is 8.23. The average Bonchev–Trinajstić information content (AvgIpc) is 3.17. The van der Waals surface area contributed by atoms with Gasteiger partial charge in [-0.2, -0.15) is 10.2 Å². The smallest absolute Gasteiger partial charge is 0.101 e. The van der Waals surface area contributed by atoms with E-state index >= 15 is 0 Å². The molecule has 1 N–H and O–H groups in total. The predicted molar refractivity (Wildman–Crippen MR) is 92.1 cm³/mol. The second-order valence-electron chi connectivity index (χ2n) is 6.12. The fraction of sp³-hybridized carbons (Fsp3) is 0.625. The van der Waals surface area contributed by atoms with Crippen LogP contribution >= 0.6 is 15.9 Å². The highest BCUT2D eigenvalue weighted by Gasteiger charge is 2.29. The van der Waals surface area contributed by atoms with Crippen LogP contribution in [-0.2, 0) is 17.8 Å². The van der Waals surface area contributed by atoms with Crippen LogP contribution in [0.15, 0.2) is 29.3 Å². The molecule has 1 saturated heterocycles. The van der Waals surface area contributed by atoms with Crippen molar-refractivity contribution in [3.05, 3.63) is 34.8 Å². The zero-order valence-electron chi connectivity index (χ0n) is 13.7. The number of aryl methyl sites for hydroxylation is 1. The molecule has 0 saturated carbocycles. The number of ether oxygens (including phenoxy) is 1. The summed E-state index contributed by atoms with van der Waals surface area (Å²) in [7, 11) is 0. The first kappa shape index (κ1) is 16.7. The van der Waals surface area contributed by atoms with Gasteiger partial charge in [0.1, 0.15) is 6.10 Å². The third-order valence-corrected chi connectivity index (χ3v) is 4.60. The van der Waals surface area contributed by atoms with Gasteiger partial charge in [0.2, 0.25) is 0 Å². The van der Waals surface area contributed by atoms with Crippen LogP contribution in [0.2, 0.25) is 0 Å². The van der Waals surface area contributed by atoms with Crippen LogP contribution in [0.25, 0.3) is 0 Å². The highest BCUT2D eigenvalue weighted by atomic mass is 79.9. The van der Waals surface area contributed by atoms with E-state index in [0.29, 0.717) is 12.1 Å². The van der Waals surface area contributed by atoms with Crippen molar-refractivity contribution >= 4 is 15.9 Å². The highest BCUT2D eigenvalue weighted by Crippen LogP contribution is 2.28. The molecule has 3 rings (SSSR count). The van der Waals surface area contributed by atoms with Crippen molar-refractivity contribution in [1.82, 2.24) is 24.9 Å². The van der Waals surface area contributed by atoms with Crippen molar-refractivity contribution in [2.24, 2.45) is 0 Å². The minimum absolute atomic E-state index is 0.0795. The van der Waals surface area contributed by atoms with Gasteiger partial charge in [-0.1, -0.05) is 0 Å². The molecule has 0 aromatic carbocycles. The van der Waals surface area contributed by atoms with E-state index in [4.69, 9.17) is 4.74 Å². The van der Waals surface area contributed by atoms with Crippen molar-refractivity contribution in [3.63, 3.8) is 0 Å². The summed E-state index contributed by atoms with van der Waals surface area (Å²) in [5, 5.41) is 12.4. The third kappa shape index (κ3) is 4.22. The molecule has 2 aromatic rings. The Balaban J connectivity index is 1.63. The fourth-order valence-corrected chi connectivity index (χ4v) is 3.44. The molecule has 3 heterocycles. The summed E-state index contributed by atoms with van der Waals surface area (Å²) in [4.78, 5) is 0.